The molecule has 1 aliphatic rings. The maximum atomic E-state index is 11.6. The van der Waals surface area contributed by atoms with Gasteiger partial charge in [0.05, 0.1) is 18.6 Å². The first kappa shape index (κ1) is 9.95. The van der Waals surface area contributed by atoms with Gasteiger partial charge in [-0.1, -0.05) is 0 Å². The maximum absolute atomic E-state index is 11.6. The number of nitrogens with one attached hydrogen (secondary N) is 1. The van der Waals surface area contributed by atoms with Crippen LogP contribution in [0.2, 0.25) is 0 Å². The van der Waals surface area contributed by atoms with Crippen molar-refractivity contribution in [3.63, 3.8) is 0 Å². The Balaban J connectivity index is 2.16. The van der Waals surface area contributed by atoms with Crippen molar-refractivity contribution in [1.29, 1.82) is 0 Å². The Kier molecular flexibility index (Phi) is 2.57. The second kappa shape index (κ2) is 3.88. The number of ether oxygens (including phenoxy) is 1. The van der Waals surface area contributed by atoms with Gasteiger partial charge in [-0.05, 0) is 13.8 Å². The average molecular weight is 210 g/mol. The van der Waals surface area contributed by atoms with Crippen molar-refractivity contribution in [3.05, 3.63) is 6.33 Å². The first-order valence-corrected chi connectivity index (χ1v) is 5.04. The van der Waals surface area contributed by atoms with E-state index in [-0.39, 0.29) is 17.9 Å². The van der Waals surface area contributed by atoms with E-state index in [4.69, 9.17) is 4.74 Å². The van der Waals surface area contributed by atoms with E-state index in [9.17, 15) is 4.79 Å². The van der Waals surface area contributed by atoms with E-state index < -0.39 is 0 Å². The van der Waals surface area contributed by atoms with Crippen LogP contribution in [0.4, 0.5) is 5.95 Å². The molecule has 0 amide bonds. The summed E-state index contributed by atoms with van der Waals surface area (Å²) in [5.74, 6) is 0.334. The van der Waals surface area contributed by atoms with Gasteiger partial charge in [0.1, 0.15) is 6.33 Å². The molecule has 2 unspecified atom stereocenters. The fourth-order valence-corrected chi connectivity index (χ4v) is 1.75. The molecule has 15 heavy (non-hydrogen) atoms. The van der Waals surface area contributed by atoms with Crippen LogP contribution in [0, 0.1) is 5.92 Å². The average Bonchev–Trinajstić information content (AvgIpc) is 2.67. The molecule has 0 saturated carbocycles. The number of carbonyl (C=O) groups excluding carboxylic acids is 1. The van der Waals surface area contributed by atoms with Gasteiger partial charge in [0, 0.05) is 6.54 Å². The summed E-state index contributed by atoms with van der Waals surface area (Å²) in [7, 11) is 0. The van der Waals surface area contributed by atoms with Gasteiger partial charge in [-0.25, -0.2) is 4.68 Å². The second-order valence-electron chi connectivity index (χ2n) is 3.51. The zero-order chi connectivity index (χ0) is 10.8. The normalized spacial score (nSPS) is 24.1. The van der Waals surface area contributed by atoms with Gasteiger partial charge in [0.25, 0.3) is 0 Å². The number of nitrogens with zero attached hydrogens (tertiary/aromatic N) is 3. The monoisotopic (exact) mass is 210 g/mol. The molecular formula is C9H14N4O2. The lowest BCUT2D eigenvalue weighted by Gasteiger charge is -2.28. The molecule has 0 bridgehead atoms. The third kappa shape index (κ3) is 1.67. The zero-order valence-electron chi connectivity index (χ0n) is 8.80. The van der Waals surface area contributed by atoms with Crippen molar-refractivity contribution >= 4 is 11.9 Å². The van der Waals surface area contributed by atoms with Crippen molar-refractivity contribution in [1.82, 2.24) is 14.8 Å². The van der Waals surface area contributed by atoms with E-state index in [2.05, 4.69) is 15.4 Å². The predicted octanol–water partition coefficient (Wildman–Crippen LogP) is 0.444. The van der Waals surface area contributed by atoms with E-state index in [1.165, 1.54) is 6.33 Å². The van der Waals surface area contributed by atoms with Gasteiger partial charge < -0.3 is 10.1 Å². The first-order chi connectivity index (χ1) is 7.24. The topological polar surface area (TPSA) is 69.0 Å². The van der Waals surface area contributed by atoms with Crippen molar-refractivity contribution in [2.45, 2.75) is 19.9 Å². The molecule has 0 fully saturated rings. The van der Waals surface area contributed by atoms with Crippen molar-refractivity contribution in [2.75, 3.05) is 18.5 Å². The van der Waals surface area contributed by atoms with E-state index >= 15 is 0 Å². The fraction of sp³-hybridized carbons (Fsp3) is 0.667. The van der Waals surface area contributed by atoms with Crippen LogP contribution in [0.25, 0.3) is 0 Å². The Morgan fingerprint density at radius 2 is 2.60 bits per heavy atom. The van der Waals surface area contributed by atoms with Crippen LogP contribution in [0.3, 0.4) is 0 Å². The van der Waals surface area contributed by atoms with Crippen LogP contribution < -0.4 is 5.32 Å². The largest absolute Gasteiger partial charge is 0.466 e. The highest BCUT2D eigenvalue weighted by atomic mass is 16.5. The standard InChI is InChI=1S/C9H14N4O2/c1-3-15-8(14)7-4-10-9-11-5-12-13(9)6(7)2/h5-7H,3-4H2,1-2H3,(H,10,11,12). The molecule has 2 rings (SSSR count). The minimum absolute atomic E-state index is 0.0113. The van der Waals surface area contributed by atoms with Gasteiger partial charge in [-0.15, -0.1) is 0 Å². The summed E-state index contributed by atoms with van der Waals surface area (Å²) in [5, 5.41) is 7.12. The van der Waals surface area contributed by atoms with Crippen LogP contribution >= 0.6 is 0 Å². The summed E-state index contributed by atoms with van der Waals surface area (Å²) < 4.78 is 6.72. The van der Waals surface area contributed by atoms with E-state index in [0.29, 0.717) is 19.1 Å². The molecule has 1 N–H and O–H groups in total. The van der Waals surface area contributed by atoms with Gasteiger partial charge in [-0.2, -0.15) is 10.1 Å². The number of esters is 1. The summed E-state index contributed by atoms with van der Waals surface area (Å²) >= 11 is 0. The Morgan fingerprint density at radius 3 is 3.33 bits per heavy atom. The number of hydrogen-bond donors (Lipinski definition) is 1. The van der Waals surface area contributed by atoms with E-state index in [1.807, 2.05) is 6.92 Å². The molecule has 0 radical (unpaired) electrons. The highest BCUT2D eigenvalue weighted by Gasteiger charge is 2.33. The molecule has 0 aliphatic carbocycles. The minimum atomic E-state index is -0.195. The summed E-state index contributed by atoms with van der Waals surface area (Å²) in [4.78, 5) is 15.7. The fourth-order valence-electron chi connectivity index (χ4n) is 1.75. The second-order valence-corrected chi connectivity index (χ2v) is 3.51. The highest BCUT2D eigenvalue weighted by Crippen LogP contribution is 2.26. The van der Waals surface area contributed by atoms with E-state index in [0.717, 1.165) is 0 Å². The third-order valence-corrected chi connectivity index (χ3v) is 2.61. The molecule has 2 heterocycles. The third-order valence-electron chi connectivity index (χ3n) is 2.61. The Morgan fingerprint density at radius 1 is 1.80 bits per heavy atom. The molecule has 1 aliphatic heterocycles. The van der Waals surface area contributed by atoms with Gasteiger partial charge >= 0.3 is 5.97 Å². The summed E-state index contributed by atoms with van der Waals surface area (Å²) in [5.41, 5.74) is 0. The lowest BCUT2D eigenvalue weighted by atomic mass is 10.0. The summed E-state index contributed by atoms with van der Waals surface area (Å²) in [6.45, 7) is 4.71. The summed E-state index contributed by atoms with van der Waals surface area (Å²) in [6.07, 6.45) is 1.48. The number of anilines is 1. The molecule has 2 atom stereocenters. The van der Waals surface area contributed by atoms with Gasteiger partial charge in [0.2, 0.25) is 5.95 Å². The van der Waals surface area contributed by atoms with Crippen molar-refractivity contribution in [2.24, 2.45) is 5.92 Å². The Bertz CT molecular complexity index is 363. The lowest BCUT2D eigenvalue weighted by molar-refractivity contribution is -0.149. The molecule has 6 heteroatoms. The Labute approximate surface area is 87.6 Å². The van der Waals surface area contributed by atoms with E-state index in [1.54, 1.807) is 11.6 Å². The Hall–Kier alpha value is -1.59. The molecule has 1 aromatic rings. The van der Waals surface area contributed by atoms with Crippen LogP contribution in [-0.4, -0.2) is 33.9 Å². The molecule has 1 aromatic heterocycles. The summed E-state index contributed by atoms with van der Waals surface area (Å²) in [6, 6.07) is -0.0113. The molecule has 82 valence electrons. The number of fused-ring (bicyclic) bond motifs is 1. The highest BCUT2D eigenvalue weighted by molar-refractivity contribution is 5.74. The zero-order valence-corrected chi connectivity index (χ0v) is 8.80. The smallest absolute Gasteiger partial charge is 0.312 e. The van der Waals surface area contributed by atoms with Crippen LogP contribution in [-0.2, 0) is 9.53 Å². The van der Waals surface area contributed by atoms with Crippen LogP contribution in [0.1, 0.15) is 19.9 Å². The SMILES string of the molecule is CCOC(=O)C1CNc2ncnn2C1C. The number of hydrogen-bond acceptors (Lipinski definition) is 5. The van der Waals surface area contributed by atoms with Crippen LogP contribution in [0.5, 0.6) is 0 Å². The minimum Gasteiger partial charge on any atom is -0.466 e. The number of carbonyl (C=O) groups is 1. The van der Waals surface area contributed by atoms with Gasteiger partial charge in [0.15, 0.2) is 0 Å². The molecule has 0 saturated heterocycles. The first-order valence-electron chi connectivity index (χ1n) is 5.04. The molecular weight excluding hydrogens is 196 g/mol. The number of aromatic nitrogens is 3. The predicted molar refractivity (Wildman–Crippen MR) is 53.3 cm³/mol. The quantitative estimate of drug-likeness (QED) is 0.717. The molecule has 0 spiro atoms. The maximum Gasteiger partial charge on any atom is 0.312 e. The molecule has 0 aromatic carbocycles. The van der Waals surface area contributed by atoms with Crippen LogP contribution in [0.15, 0.2) is 6.33 Å². The number of rotatable bonds is 2. The van der Waals surface area contributed by atoms with Gasteiger partial charge in [-0.3, -0.25) is 4.79 Å². The van der Waals surface area contributed by atoms with Crippen molar-refractivity contribution in [3.8, 4) is 0 Å². The molecule has 6 nitrogen and oxygen atoms in total. The van der Waals surface area contributed by atoms with Crippen molar-refractivity contribution < 1.29 is 9.53 Å². The lowest BCUT2D eigenvalue weighted by Crippen LogP contribution is -2.37.